The van der Waals surface area contributed by atoms with E-state index < -0.39 is 0 Å². The van der Waals surface area contributed by atoms with Gasteiger partial charge in [-0.3, -0.25) is 0 Å². The Bertz CT molecular complexity index is 409. The third kappa shape index (κ3) is 5.88. The molecular weight excluding hydrogens is 336 g/mol. The largest absolute Gasteiger partial charge is 0.381 e. The minimum absolute atomic E-state index is 0.0632. The Balaban J connectivity index is 1.43. The molecule has 0 aliphatic carbocycles. The smallest absolute Gasteiger partial charge is 0.0864 e. The van der Waals surface area contributed by atoms with E-state index >= 15 is 0 Å². The van der Waals surface area contributed by atoms with Crippen LogP contribution < -0.4 is 0 Å². The van der Waals surface area contributed by atoms with E-state index in [2.05, 4.69) is 27.7 Å². The summed E-state index contributed by atoms with van der Waals surface area (Å²) in [6.07, 6.45) is 2.28. The van der Waals surface area contributed by atoms with Crippen molar-refractivity contribution >= 4 is 0 Å². The third-order valence-corrected chi connectivity index (χ3v) is 5.52. The van der Waals surface area contributed by atoms with Crippen molar-refractivity contribution in [3.63, 3.8) is 0 Å². The maximum Gasteiger partial charge on any atom is 0.0864 e. The van der Waals surface area contributed by atoms with Crippen molar-refractivity contribution in [3.8, 4) is 0 Å². The highest BCUT2D eigenvalue weighted by atomic mass is 16.6. The fourth-order valence-corrected chi connectivity index (χ4v) is 3.96. The molecule has 0 N–H and O–H groups in total. The molecule has 26 heavy (non-hydrogen) atoms. The first-order valence-electron chi connectivity index (χ1n) is 10.2. The van der Waals surface area contributed by atoms with Crippen LogP contribution in [0, 0.1) is 11.8 Å². The number of rotatable bonds is 4. The molecule has 3 fully saturated rings. The van der Waals surface area contributed by atoms with E-state index in [9.17, 15) is 0 Å². The van der Waals surface area contributed by atoms with Gasteiger partial charge in [0.15, 0.2) is 0 Å². The molecular formula is C20H36O6. The summed E-state index contributed by atoms with van der Waals surface area (Å²) < 4.78 is 35.9. The maximum atomic E-state index is 6.26. The van der Waals surface area contributed by atoms with Gasteiger partial charge in [-0.15, -0.1) is 0 Å². The van der Waals surface area contributed by atoms with Gasteiger partial charge in [-0.2, -0.15) is 0 Å². The van der Waals surface area contributed by atoms with E-state index in [4.69, 9.17) is 28.4 Å². The average molecular weight is 373 g/mol. The summed E-state index contributed by atoms with van der Waals surface area (Å²) in [5.41, 5.74) is 0. The molecule has 0 bridgehead atoms. The minimum atomic E-state index is 0.0632. The molecule has 6 nitrogen and oxygen atoms in total. The molecule has 0 spiro atoms. The second-order valence-electron chi connectivity index (χ2n) is 8.38. The molecule has 3 saturated heterocycles. The predicted molar refractivity (Wildman–Crippen MR) is 97.4 cm³/mol. The fraction of sp³-hybridized carbons (Fsp3) is 1.00. The van der Waals surface area contributed by atoms with Crippen LogP contribution in [0.5, 0.6) is 0 Å². The molecule has 0 radical (unpaired) electrons. The first-order valence-corrected chi connectivity index (χ1v) is 10.2. The van der Waals surface area contributed by atoms with Gasteiger partial charge in [0.05, 0.1) is 76.3 Å². The van der Waals surface area contributed by atoms with E-state index in [1.54, 1.807) is 0 Å². The van der Waals surface area contributed by atoms with E-state index in [1.807, 2.05) is 0 Å². The second kappa shape index (κ2) is 9.80. The molecule has 152 valence electrons. The zero-order valence-electron chi connectivity index (χ0n) is 16.7. The van der Waals surface area contributed by atoms with Gasteiger partial charge >= 0.3 is 0 Å². The summed E-state index contributed by atoms with van der Waals surface area (Å²) in [4.78, 5) is 0. The number of hydrogen-bond donors (Lipinski definition) is 0. The Hall–Kier alpha value is -0.240. The lowest BCUT2D eigenvalue weighted by Crippen LogP contribution is -2.48. The lowest BCUT2D eigenvalue weighted by atomic mass is 9.97. The van der Waals surface area contributed by atoms with Crippen molar-refractivity contribution in [1.82, 2.24) is 0 Å². The third-order valence-electron chi connectivity index (χ3n) is 5.52. The molecule has 0 aromatic heterocycles. The molecule has 0 aromatic carbocycles. The Morgan fingerprint density at radius 2 is 1.38 bits per heavy atom. The summed E-state index contributed by atoms with van der Waals surface area (Å²) in [5, 5.41) is 0. The molecule has 6 heteroatoms. The normalized spacial score (nSPS) is 45.7. The SMILES string of the molecule is CC1COCC(CC2OCC(CC3OC(C)COC3C)OC2C)COC1. The van der Waals surface area contributed by atoms with Crippen LogP contribution in [0.25, 0.3) is 0 Å². The lowest BCUT2D eigenvalue weighted by Gasteiger charge is -2.40. The minimum Gasteiger partial charge on any atom is -0.381 e. The molecule has 3 aliphatic heterocycles. The highest BCUT2D eigenvalue weighted by Crippen LogP contribution is 2.27. The zero-order chi connectivity index (χ0) is 18.5. The van der Waals surface area contributed by atoms with Gasteiger partial charge in [-0.25, -0.2) is 0 Å². The summed E-state index contributed by atoms with van der Waals surface area (Å²) in [6, 6.07) is 0. The van der Waals surface area contributed by atoms with Crippen LogP contribution in [0.4, 0.5) is 0 Å². The average Bonchev–Trinajstić information content (AvgIpc) is 2.58. The van der Waals surface area contributed by atoms with Crippen LogP contribution in [-0.2, 0) is 28.4 Å². The standard InChI is InChI=1S/C20H36O6/c1-13-7-21-10-17(11-22-8-13)5-19-16(4)26-18(12-24-19)6-20-15(3)23-9-14(2)25-20/h13-20H,5-12H2,1-4H3. The lowest BCUT2D eigenvalue weighted by molar-refractivity contribution is -0.215. The van der Waals surface area contributed by atoms with Gasteiger partial charge < -0.3 is 28.4 Å². The predicted octanol–water partition coefficient (Wildman–Crippen LogP) is 2.43. The Morgan fingerprint density at radius 3 is 2.08 bits per heavy atom. The van der Waals surface area contributed by atoms with E-state index in [1.165, 1.54) is 0 Å². The summed E-state index contributed by atoms with van der Waals surface area (Å²) in [6.45, 7) is 12.7. The van der Waals surface area contributed by atoms with Gasteiger partial charge in [-0.1, -0.05) is 6.92 Å². The summed E-state index contributed by atoms with van der Waals surface area (Å²) in [7, 11) is 0. The highest BCUT2D eigenvalue weighted by Gasteiger charge is 2.35. The van der Waals surface area contributed by atoms with Crippen molar-refractivity contribution in [2.75, 3.05) is 39.6 Å². The van der Waals surface area contributed by atoms with E-state index in [0.29, 0.717) is 25.0 Å². The van der Waals surface area contributed by atoms with Crippen molar-refractivity contribution in [3.05, 3.63) is 0 Å². The van der Waals surface area contributed by atoms with Crippen LogP contribution in [-0.4, -0.2) is 76.3 Å². The Morgan fingerprint density at radius 1 is 0.654 bits per heavy atom. The van der Waals surface area contributed by atoms with Gasteiger partial charge in [0.2, 0.25) is 0 Å². The van der Waals surface area contributed by atoms with Crippen LogP contribution in [0.1, 0.15) is 40.5 Å². The van der Waals surface area contributed by atoms with Crippen molar-refractivity contribution < 1.29 is 28.4 Å². The molecule has 3 aliphatic rings. The van der Waals surface area contributed by atoms with Crippen LogP contribution >= 0.6 is 0 Å². The van der Waals surface area contributed by atoms with Crippen molar-refractivity contribution in [1.29, 1.82) is 0 Å². The zero-order valence-corrected chi connectivity index (χ0v) is 16.7. The van der Waals surface area contributed by atoms with Crippen molar-refractivity contribution in [2.45, 2.75) is 77.2 Å². The summed E-state index contributed by atoms with van der Waals surface area (Å²) >= 11 is 0. The topological polar surface area (TPSA) is 55.4 Å². The first kappa shape index (κ1) is 20.5. The molecule has 0 amide bonds. The van der Waals surface area contributed by atoms with Gasteiger partial charge in [0, 0.05) is 18.3 Å². The van der Waals surface area contributed by atoms with Crippen LogP contribution in [0.15, 0.2) is 0 Å². The molecule has 6 atom stereocenters. The monoisotopic (exact) mass is 372 g/mol. The van der Waals surface area contributed by atoms with Crippen LogP contribution in [0.2, 0.25) is 0 Å². The van der Waals surface area contributed by atoms with E-state index in [0.717, 1.165) is 39.3 Å². The fourth-order valence-electron chi connectivity index (χ4n) is 3.96. The molecule has 0 saturated carbocycles. The molecule has 3 rings (SSSR count). The molecule has 3 heterocycles. The van der Waals surface area contributed by atoms with Crippen LogP contribution in [0.3, 0.4) is 0 Å². The van der Waals surface area contributed by atoms with Gasteiger partial charge in [0.25, 0.3) is 0 Å². The Kier molecular flexibility index (Phi) is 7.73. The van der Waals surface area contributed by atoms with Gasteiger partial charge in [0.1, 0.15) is 0 Å². The maximum absolute atomic E-state index is 6.26. The molecule has 6 unspecified atom stereocenters. The number of ether oxygens (including phenoxy) is 6. The Labute approximate surface area is 157 Å². The molecule has 0 aromatic rings. The number of hydrogen-bond acceptors (Lipinski definition) is 6. The van der Waals surface area contributed by atoms with Gasteiger partial charge in [-0.05, 0) is 27.2 Å². The quantitative estimate of drug-likeness (QED) is 0.755. The second-order valence-corrected chi connectivity index (χ2v) is 8.38. The summed E-state index contributed by atoms with van der Waals surface area (Å²) in [5.74, 6) is 0.840. The van der Waals surface area contributed by atoms with E-state index in [-0.39, 0.29) is 36.6 Å². The highest BCUT2D eigenvalue weighted by molar-refractivity contribution is 4.82. The van der Waals surface area contributed by atoms with Crippen molar-refractivity contribution in [2.24, 2.45) is 11.8 Å². The first-order chi connectivity index (χ1) is 12.5.